The minimum absolute atomic E-state index is 0.00973. The number of ether oxygens (including phenoxy) is 1. The van der Waals surface area contributed by atoms with Gasteiger partial charge in [0.1, 0.15) is 17.3 Å². The summed E-state index contributed by atoms with van der Waals surface area (Å²) in [5, 5.41) is 8.77. The number of hydrogen-bond donors (Lipinski definition) is 2. The van der Waals surface area contributed by atoms with Crippen molar-refractivity contribution in [2.24, 2.45) is 0 Å². The molecule has 0 spiro atoms. The van der Waals surface area contributed by atoms with E-state index in [0.29, 0.717) is 11.5 Å². The van der Waals surface area contributed by atoms with Crippen molar-refractivity contribution < 1.29 is 19.0 Å². The number of hydrogen-bond acceptors (Lipinski definition) is 3. The molecule has 0 radical (unpaired) electrons. The number of nitrogen functional groups attached to an aromatic ring is 1. The highest BCUT2D eigenvalue weighted by molar-refractivity contribution is 6.30. The second kappa shape index (κ2) is 5.16. The Kier molecular flexibility index (Phi) is 3.57. The molecule has 19 heavy (non-hydrogen) atoms. The topological polar surface area (TPSA) is 72.5 Å². The van der Waals surface area contributed by atoms with Crippen LogP contribution in [0.5, 0.6) is 11.5 Å². The lowest BCUT2D eigenvalue weighted by Gasteiger charge is -2.08. The maximum Gasteiger partial charge on any atom is 0.337 e. The largest absolute Gasteiger partial charge is 0.478 e. The molecule has 0 amide bonds. The molecule has 0 saturated heterocycles. The number of carbonyl (C=O) groups is 1. The quantitative estimate of drug-likeness (QED) is 0.844. The van der Waals surface area contributed by atoms with Crippen LogP contribution in [0, 0.1) is 5.82 Å². The maximum absolute atomic E-state index is 13.0. The van der Waals surface area contributed by atoms with Gasteiger partial charge in [0.25, 0.3) is 0 Å². The monoisotopic (exact) mass is 281 g/mol. The fourth-order valence-corrected chi connectivity index (χ4v) is 1.65. The third kappa shape index (κ3) is 2.95. The van der Waals surface area contributed by atoms with Gasteiger partial charge in [0, 0.05) is 17.8 Å². The van der Waals surface area contributed by atoms with E-state index in [4.69, 9.17) is 27.2 Å². The predicted octanol–water partition coefficient (Wildman–Crippen LogP) is 3.55. The summed E-state index contributed by atoms with van der Waals surface area (Å²) in [5.74, 6) is -0.998. The van der Waals surface area contributed by atoms with E-state index >= 15 is 0 Å². The normalized spacial score (nSPS) is 10.2. The lowest BCUT2D eigenvalue weighted by molar-refractivity contribution is 0.0698. The average Bonchev–Trinajstić information content (AvgIpc) is 2.33. The average molecular weight is 282 g/mol. The van der Waals surface area contributed by atoms with Crippen LogP contribution in [0.25, 0.3) is 0 Å². The van der Waals surface area contributed by atoms with Gasteiger partial charge in [-0.2, -0.15) is 0 Å². The Balaban J connectivity index is 2.26. The molecule has 0 atom stereocenters. The van der Waals surface area contributed by atoms with Crippen molar-refractivity contribution in [2.45, 2.75) is 0 Å². The van der Waals surface area contributed by atoms with Crippen LogP contribution in [-0.4, -0.2) is 11.1 Å². The fourth-order valence-electron chi connectivity index (χ4n) is 1.48. The summed E-state index contributed by atoms with van der Waals surface area (Å²) in [6.45, 7) is 0. The van der Waals surface area contributed by atoms with Crippen LogP contribution in [0.4, 0.5) is 10.1 Å². The Morgan fingerprint density at radius 3 is 2.42 bits per heavy atom. The predicted molar refractivity (Wildman–Crippen MR) is 69.3 cm³/mol. The van der Waals surface area contributed by atoms with Crippen LogP contribution in [0.15, 0.2) is 36.4 Å². The Labute approximate surface area is 113 Å². The fraction of sp³-hybridized carbons (Fsp3) is 0. The van der Waals surface area contributed by atoms with Gasteiger partial charge < -0.3 is 15.6 Å². The Hall–Kier alpha value is -2.27. The zero-order valence-electron chi connectivity index (χ0n) is 9.56. The summed E-state index contributed by atoms with van der Waals surface area (Å²) in [7, 11) is 0. The van der Waals surface area contributed by atoms with Crippen LogP contribution in [0.1, 0.15) is 10.4 Å². The van der Waals surface area contributed by atoms with Gasteiger partial charge >= 0.3 is 5.97 Å². The third-order valence-corrected chi connectivity index (χ3v) is 2.67. The summed E-state index contributed by atoms with van der Waals surface area (Å²) >= 11 is 5.62. The summed E-state index contributed by atoms with van der Waals surface area (Å²) in [6.07, 6.45) is 0. The molecule has 3 N–H and O–H groups in total. The van der Waals surface area contributed by atoms with E-state index in [-0.39, 0.29) is 16.3 Å². The van der Waals surface area contributed by atoms with Gasteiger partial charge in [0.05, 0.1) is 10.6 Å². The first-order valence-electron chi connectivity index (χ1n) is 5.23. The molecule has 0 aromatic heterocycles. The smallest absolute Gasteiger partial charge is 0.337 e. The van der Waals surface area contributed by atoms with Crippen molar-refractivity contribution in [1.29, 1.82) is 0 Å². The lowest BCUT2D eigenvalue weighted by atomic mass is 10.2. The minimum Gasteiger partial charge on any atom is -0.478 e. The van der Waals surface area contributed by atoms with Gasteiger partial charge in [-0.25, -0.2) is 9.18 Å². The molecule has 0 saturated carbocycles. The van der Waals surface area contributed by atoms with E-state index in [1.54, 1.807) is 0 Å². The summed E-state index contributed by atoms with van der Waals surface area (Å²) in [4.78, 5) is 10.8. The molecule has 0 bridgehead atoms. The molecule has 6 heteroatoms. The first-order chi connectivity index (χ1) is 8.97. The summed E-state index contributed by atoms with van der Waals surface area (Å²) in [5.41, 5.74) is 5.66. The van der Waals surface area contributed by atoms with Crippen molar-refractivity contribution >= 4 is 23.3 Å². The van der Waals surface area contributed by atoms with Gasteiger partial charge in [-0.3, -0.25) is 0 Å². The highest BCUT2D eigenvalue weighted by Crippen LogP contribution is 2.28. The number of anilines is 1. The molecule has 98 valence electrons. The van der Waals surface area contributed by atoms with Gasteiger partial charge in [-0.05, 0) is 24.3 Å². The van der Waals surface area contributed by atoms with Crippen molar-refractivity contribution in [3.05, 3.63) is 52.8 Å². The number of benzene rings is 2. The second-order valence-electron chi connectivity index (χ2n) is 3.73. The molecule has 0 unspecified atom stereocenters. The molecular weight excluding hydrogens is 273 g/mol. The molecule has 4 nitrogen and oxygen atoms in total. The SMILES string of the molecule is Nc1cc(Oc2ccc(F)c(Cl)c2)ccc1C(=O)O. The Bertz CT molecular complexity index is 646. The number of nitrogens with two attached hydrogens (primary N) is 1. The molecule has 0 aliphatic heterocycles. The standard InChI is InChI=1S/C13H9ClFNO3/c14-10-5-7(2-4-11(10)15)19-8-1-3-9(13(17)18)12(16)6-8/h1-6H,16H2,(H,17,18). The summed E-state index contributed by atoms with van der Waals surface area (Å²) in [6, 6.07) is 8.06. The molecular formula is C13H9ClFNO3. The number of rotatable bonds is 3. The van der Waals surface area contributed by atoms with Crippen LogP contribution >= 0.6 is 11.6 Å². The van der Waals surface area contributed by atoms with Crippen molar-refractivity contribution in [3.8, 4) is 11.5 Å². The first-order valence-corrected chi connectivity index (χ1v) is 5.61. The van der Waals surface area contributed by atoms with E-state index < -0.39 is 11.8 Å². The second-order valence-corrected chi connectivity index (χ2v) is 4.14. The molecule has 0 aliphatic carbocycles. The molecule has 2 aromatic carbocycles. The molecule has 0 aliphatic rings. The minimum atomic E-state index is -1.12. The maximum atomic E-state index is 13.0. The first kappa shape index (κ1) is 13.2. The number of carboxylic acid groups (broad SMARTS) is 1. The van der Waals surface area contributed by atoms with Gasteiger partial charge in [-0.1, -0.05) is 11.6 Å². The van der Waals surface area contributed by atoms with Crippen LogP contribution in [0.3, 0.4) is 0 Å². The Morgan fingerprint density at radius 1 is 1.21 bits per heavy atom. The molecule has 2 aromatic rings. The zero-order chi connectivity index (χ0) is 14.0. The van der Waals surface area contributed by atoms with Gasteiger partial charge in [0.2, 0.25) is 0 Å². The third-order valence-electron chi connectivity index (χ3n) is 2.38. The van der Waals surface area contributed by atoms with Crippen molar-refractivity contribution in [3.63, 3.8) is 0 Å². The van der Waals surface area contributed by atoms with Crippen molar-refractivity contribution in [1.82, 2.24) is 0 Å². The number of aromatic carboxylic acids is 1. The van der Waals surface area contributed by atoms with Gasteiger partial charge in [-0.15, -0.1) is 0 Å². The lowest BCUT2D eigenvalue weighted by Crippen LogP contribution is -2.02. The molecule has 2 rings (SSSR count). The highest BCUT2D eigenvalue weighted by atomic mass is 35.5. The Morgan fingerprint density at radius 2 is 1.84 bits per heavy atom. The summed E-state index contributed by atoms with van der Waals surface area (Å²) < 4.78 is 18.4. The van der Waals surface area contributed by atoms with E-state index in [2.05, 4.69) is 0 Å². The van der Waals surface area contributed by atoms with E-state index in [9.17, 15) is 9.18 Å². The zero-order valence-corrected chi connectivity index (χ0v) is 10.3. The van der Waals surface area contributed by atoms with Gasteiger partial charge in [0.15, 0.2) is 0 Å². The van der Waals surface area contributed by atoms with Crippen molar-refractivity contribution in [2.75, 3.05) is 5.73 Å². The number of carboxylic acids is 1. The van der Waals surface area contributed by atoms with E-state index in [1.807, 2.05) is 0 Å². The molecule has 0 heterocycles. The highest BCUT2D eigenvalue weighted by Gasteiger charge is 2.09. The van der Waals surface area contributed by atoms with Crippen LogP contribution < -0.4 is 10.5 Å². The number of halogens is 2. The van der Waals surface area contributed by atoms with E-state index in [0.717, 1.165) is 0 Å². The van der Waals surface area contributed by atoms with Crippen LogP contribution in [0.2, 0.25) is 5.02 Å². The van der Waals surface area contributed by atoms with E-state index in [1.165, 1.54) is 36.4 Å². The van der Waals surface area contributed by atoms with Crippen LogP contribution in [-0.2, 0) is 0 Å². The molecule has 0 fully saturated rings.